The lowest BCUT2D eigenvalue weighted by atomic mass is 10.0. The van der Waals surface area contributed by atoms with E-state index in [0.29, 0.717) is 17.5 Å². The van der Waals surface area contributed by atoms with Gasteiger partial charge in [-0.05, 0) is 54.6 Å². The van der Waals surface area contributed by atoms with E-state index in [4.69, 9.17) is 15.0 Å². The van der Waals surface area contributed by atoms with Crippen molar-refractivity contribution in [2.45, 2.75) is 0 Å². The van der Waals surface area contributed by atoms with E-state index in [1.807, 2.05) is 72.0 Å². The first kappa shape index (κ1) is 31.9. The molecule has 4 heterocycles. The van der Waals surface area contributed by atoms with Crippen LogP contribution in [0.4, 0.5) is 0 Å². The first-order valence-corrected chi connectivity index (χ1v) is 19.9. The molecule has 0 aliphatic heterocycles. The van der Waals surface area contributed by atoms with E-state index in [1.165, 1.54) is 63.8 Å². The minimum atomic E-state index is 0.636. The molecule has 0 bridgehead atoms. The monoisotopic (exact) mass is 745 g/mol. The Bertz CT molecular complexity index is 3430. The summed E-state index contributed by atoms with van der Waals surface area (Å²) in [5.74, 6) is 1.93. The van der Waals surface area contributed by atoms with E-state index in [9.17, 15) is 0 Å². The molecular formula is C51H31N5S. The highest BCUT2D eigenvalue weighted by atomic mass is 32.1. The van der Waals surface area contributed by atoms with E-state index in [1.54, 1.807) is 0 Å². The van der Waals surface area contributed by atoms with Crippen LogP contribution in [0.3, 0.4) is 0 Å². The summed E-state index contributed by atoms with van der Waals surface area (Å²) in [6.07, 6.45) is 0. The van der Waals surface area contributed by atoms with Crippen LogP contribution in [0.15, 0.2) is 188 Å². The lowest BCUT2D eigenvalue weighted by Gasteiger charge is -2.12. The highest BCUT2D eigenvalue weighted by Crippen LogP contribution is 2.51. The molecule has 0 unspecified atom stereocenters. The van der Waals surface area contributed by atoms with E-state index in [-0.39, 0.29) is 0 Å². The van der Waals surface area contributed by atoms with Crippen LogP contribution in [0.25, 0.3) is 109 Å². The van der Waals surface area contributed by atoms with E-state index in [0.717, 1.165) is 28.1 Å². The second-order valence-corrected chi connectivity index (χ2v) is 15.4. The Kier molecular flexibility index (Phi) is 7.03. The van der Waals surface area contributed by atoms with Crippen molar-refractivity contribution in [3.63, 3.8) is 0 Å². The minimum absolute atomic E-state index is 0.636. The van der Waals surface area contributed by atoms with Crippen molar-refractivity contribution in [3.05, 3.63) is 188 Å². The molecule has 0 aliphatic rings. The molecule has 0 saturated heterocycles. The van der Waals surface area contributed by atoms with Gasteiger partial charge in [0, 0.05) is 69.8 Å². The quantitative estimate of drug-likeness (QED) is 0.176. The maximum atomic E-state index is 5.02. The van der Waals surface area contributed by atoms with Crippen LogP contribution in [-0.4, -0.2) is 24.1 Å². The molecule has 4 aromatic heterocycles. The highest BCUT2D eigenvalue weighted by molar-refractivity contribution is 7.27. The number of hydrogen-bond donors (Lipinski definition) is 0. The molecule has 0 spiro atoms. The number of thiophene rings is 1. The smallest absolute Gasteiger partial charge is 0.164 e. The van der Waals surface area contributed by atoms with Gasteiger partial charge in [-0.1, -0.05) is 133 Å². The van der Waals surface area contributed by atoms with E-state index >= 15 is 0 Å². The molecule has 0 atom stereocenters. The summed E-state index contributed by atoms with van der Waals surface area (Å²) in [6, 6.07) is 66.4. The van der Waals surface area contributed by atoms with Crippen LogP contribution in [-0.2, 0) is 0 Å². The van der Waals surface area contributed by atoms with Gasteiger partial charge in [0.25, 0.3) is 0 Å². The van der Waals surface area contributed by atoms with Crippen LogP contribution in [0, 0.1) is 0 Å². The van der Waals surface area contributed by atoms with Crippen LogP contribution < -0.4 is 0 Å². The molecule has 0 radical (unpaired) electrons. The summed E-state index contributed by atoms with van der Waals surface area (Å²) in [5.41, 5.74) is 9.84. The lowest BCUT2D eigenvalue weighted by molar-refractivity contribution is 1.07. The number of nitrogens with zero attached hydrogens (tertiary/aromatic N) is 5. The fraction of sp³-hybridized carbons (Fsp3) is 0. The summed E-state index contributed by atoms with van der Waals surface area (Å²) < 4.78 is 7.54. The van der Waals surface area contributed by atoms with Gasteiger partial charge in [0.2, 0.25) is 0 Å². The Hall–Kier alpha value is -7.41. The van der Waals surface area contributed by atoms with Crippen molar-refractivity contribution in [1.82, 2.24) is 24.1 Å². The van der Waals surface area contributed by atoms with Crippen LogP contribution in [0.1, 0.15) is 0 Å². The molecule has 266 valence electrons. The maximum absolute atomic E-state index is 5.02. The zero-order chi connectivity index (χ0) is 37.5. The molecule has 0 saturated carbocycles. The molecule has 0 N–H and O–H groups in total. The van der Waals surface area contributed by atoms with Gasteiger partial charge in [0.15, 0.2) is 17.5 Å². The molecule has 12 rings (SSSR count). The normalized spacial score (nSPS) is 11.9. The van der Waals surface area contributed by atoms with Gasteiger partial charge in [-0.3, -0.25) is 0 Å². The predicted molar refractivity (Wildman–Crippen MR) is 238 cm³/mol. The van der Waals surface area contributed by atoms with Crippen molar-refractivity contribution in [2.24, 2.45) is 0 Å². The number of rotatable bonds is 5. The third kappa shape index (κ3) is 4.84. The Morgan fingerprint density at radius 3 is 1.30 bits per heavy atom. The highest BCUT2D eigenvalue weighted by Gasteiger charge is 2.26. The van der Waals surface area contributed by atoms with Crippen molar-refractivity contribution >= 4 is 75.1 Å². The molecule has 57 heavy (non-hydrogen) atoms. The molecule has 0 aliphatic carbocycles. The topological polar surface area (TPSA) is 48.5 Å². The molecule has 6 heteroatoms. The average Bonchev–Trinajstić information content (AvgIpc) is 3.95. The van der Waals surface area contributed by atoms with Gasteiger partial charge in [-0.15, -0.1) is 11.3 Å². The van der Waals surface area contributed by atoms with Gasteiger partial charge in [0.05, 0.1) is 22.1 Å². The lowest BCUT2D eigenvalue weighted by Crippen LogP contribution is -2.00. The third-order valence-electron chi connectivity index (χ3n) is 11.1. The number of hydrogen-bond acceptors (Lipinski definition) is 4. The number of para-hydroxylation sites is 3. The van der Waals surface area contributed by atoms with Crippen LogP contribution in [0.2, 0.25) is 0 Å². The predicted octanol–water partition coefficient (Wildman–Crippen LogP) is 13.4. The van der Waals surface area contributed by atoms with E-state index in [2.05, 4.69) is 137 Å². The Balaban J connectivity index is 1.16. The molecule has 0 fully saturated rings. The summed E-state index contributed by atoms with van der Waals surface area (Å²) in [7, 11) is 0. The molecule has 12 aromatic rings. The second-order valence-electron chi connectivity index (χ2n) is 14.4. The zero-order valence-corrected chi connectivity index (χ0v) is 31.4. The van der Waals surface area contributed by atoms with Gasteiger partial charge in [0.1, 0.15) is 0 Å². The van der Waals surface area contributed by atoms with Crippen molar-refractivity contribution < 1.29 is 0 Å². The molecule has 8 aromatic carbocycles. The van der Waals surface area contributed by atoms with Gasteiger partial charge < -0.3 is 9.13 Å². The first-order chi connectivity index (χ1) is 28.3. The Morgan fingerprint density at radius 2 is 0.737 bits per heavy atom. The largest absolute Gasteiger partial charge is 0.308 e. The number of benzene rings is 8. The van der Waals surface area contributed by atoms with Gasteiger partial charge in [-0.25, -0.2) is 15.0 Å². The van der Waals surface area contributed by atoms with Gasteiger partial charge >= 0.3 is 0 Å². The second kappa shape index (κ2) is 12.6. The SMILES string of the molecule is c1ccc(-c2nc(-c3ccccc3)nc(-c3ccc(-n4c5ccccc5c5c6sc7ccccc7c6c6c(c7ccccc7n6-c6ccccc6)c54)cc3)n2)cc1. The van der Waals surface area contributed by atoms with Crippen molar-refractivity contribution in [2.75, 3.05) is 0 Å². The Labute approximate surface area is 331 Å². The average molecular weight is 746 g/mol. The minimum Gasteiger partial charge on any atom is -0.308 e. The number of fused-ring (bicyclic) bond motifs is 12. The van der Waals surface area contributed by atoms with E-state index < -0.39 is 0 Å². The summed E-state index contributed by atoms with van der Waals surface area (Å²) in [5, 5.41) is 7.59. The standard InChI is InChI=1S/C51H31N5S/c1-4-16-32(17-5-1)49-52-50(33-18-6-2-7-19-33)54-51(53-49)34-28-30-36(31-29-34)56-41-26-14-11-23-38(41)44-46(56)43-37-22-10-13-25-40(37)55(35-20-8-3-9-21-35)47(43)45-39-24-12-15-27-42(39)57-48(44)45/h1-31H. The molecule has 0 amide bonds. The van der Waals surface area contributed by atoms with Crippen molar-refractivity contribution in [3.8, 4) is 45.5 Å². The Morgan fingerprint density at radius 1 is 0.333 bits per heavy atom. The van der Waals surface area contributed by atoms with Gasteiger partial charge in [-0.2, -0.15) is 0 Å². The first-order valence-electron chi connectivity index (χ1n) is 19.1. The summed E-state index contributed by atoms with van der Waals surface area (Å²) in [6.45, 7) is 0. The summed E-state index contributed by atoms with van der Waals surface area (Å²) in [4.78, 5) is 15.0. The van der Waals surface area contributed by atoms with Crippen LogP contribution >= 0.6 is 11.3 Å². The van der Waals surface area contributed by atoms with Crippen molar-refractivity contribution in [1.29, 1.82) is 0 Å². The fourth-order valence-corrected chi connectivity index (χ4v) is 9.95. The maximum Gasteiger partial charge on any atom is 0.164 e. The zero-order valence-electron chi connectivity index (χ0n) is 30.5. The number of aromatic nitrogens is 5. The summed E-state index contributed by atoms with van der Waals surface area (Å²) >= 11 is 1.89. The molecular weight excluding hydrogens is 715 g/mol. The third-order valence-corrected chi connectivity index (χ3v) is 12.3. The van der Waals surface area contributed by atoms with Crippen LogP contribution in [0.5, 0.6) is 0 Å². The fourth-order valence-electron chi connectivity index (χ4n) is 8.69. The molecule has 5 nitrogen and oxygen atoms in total.